The number of rotatable bonds is 3. The molecule has 0 aromatic carbocycles. The van der Waals surface area contributed by atoms with Crippen LogP contribution >= 0.6 is 0 Å². The fourth-order valence-corrected chi connectivity index (χ4v) is 0.993. The molecule has 0 aromatic rings. The number of hydrogen-bond donors (Lipinski definition) is 0. The fourth-order valence-electron chi connectivity index (χ4n) is 0.993. The predicted octanol–water partition coefficient (Wildman–Crippen LogP) is -0.727. The molecular weight excluding hydrogens is 252 g/mol. The predicted molar refractivity (Wildman–Crippen MR) is 43.7 cm³/mol. The average Bonchev–Trinajstić information content (AvgIpc) is 2.19. The molecule has 0 fully saturated rings. The Hall–Kier alpha value is -0.941. The van der Waals surface area contributed by atoms with Gasteiger partial charge in [0.2, 0.25) is 0 Å². The van der Waals surface area contributed by atoms with Gasteiger partial charge < -0.3 is 14.9 Å². The first-order valence-electron chi connectivity index (χ1n) is 4.08. The Morgan fingerprint density at radius 3 is 2.73 bits per heavy atom. The van der Waals surface area contributed by atoms with Crippen LogP contribution in [0.5, 0.6) is 0 Å². The Bertz CT molecular complexity index is 308. The fraction of sp³-hybridized carbons (Fsp3) is 0.333. The number of ether oxygens (including phenoxy) is 1. The Morgan fingerprint density at radius 1 is 1.53 bits per heavy atom. The Kier molecular flexibility index (Phi) is 6.12. The van der Waals surface area contributed by atoms with Gasteiger partial charge in [-0.1, -0.05) is 0 Å². The van der Waals surface area contributed by atoms with Crippen LogP contribution in [0.4, 0.5) is 0 Å². The summed E-state index contributed by atoms with van der Waals surface area (Å²) in [6, 6.07) is 0. The van der Waals surface area contributed by atoms with Crippen molar-refractivity contribution in [2.24, 2.45) is 0 Å². The van der Waals surface area contributed by atoms with E-state index < -0.39 is 17.9 Å². The third-order valence-corrected chi connectivity index (χ3v) is 1.65. The number of esters is 1. The van der Waals surface area contributed by atoms with Gasteiger partial charge >= 0.3 is 23.0 Å². The van der Waals surface area contributed by atoms with E-state index in [2.05, 4.69) is 9.62 Å². The number of carbonyl (C=O) groups excluding carboxylic acids is 2. The molecule has 0 aromatic heterocycles. The molecule has 5 nitrogen and oxygen atoms in total. The SMILES string of the molecule is CCOC(=O)C1=CC(O[O-])C(=O)C=C1.[Cu+]. The van der Waals surface area contributed by atoms with Crippen LogP contribution in [0.1, 0.15) is 6.92 Å². The molecular formula is C9H9CuO5. The van der Waals surface area contributed by atoms with Crippen molar-refractivity contribution in [3.05, 3.63) is 23.8 Å². The summed E-state index contributed by atoms with van der Waals surface area (Å²) in [4.78, 5) is 25.7. The zero-order chi connectivity index (χ0) is 10.6. The molecule has 0 aliphatic heterocycles. The maximum atomic E-state index is 11.2. The van der Waals surface area contributed by atoms with Crippen molar-refractivity contribution < 1.29 is 41.5 Å². The summed E-state index contributed by atoms with van der Waals surface area (Å²) < 4.78 is 4.68. The zero-order valence-electron chi connectivity index (χ0n) is 7.86. The van der Waals surface area contributed by atoms with Gasteiger partial charge in [-0.15, -0.1) is 0 Å². The summed E-state index contributed by atoms with van der Waals surface area (Å²) in [5, 5.41) is 10.1. The van der Waals surface area contributed by atoms with Crippen LogP contribution in [0.2, 0.25) is 0 Å². The summed E-state index contributed by atoms with van der Waals surface area (Å²) in [5.41, 5.74) is 0.160. The van der Waals surface area contributed by atoms with E-state index in [0.717, 1.165) is 12.2 Å². The van der Waals surface area contributed by atoms with Crippen molar-refractivity contribution in [1.29, 1.82) is 0 Å². The first-order chi connectivity index (χ1) is 6.69. The zero-order valence-corrected chi connectivity index (χ0v) is 8.80. The number of ketones is 1. The molecule has 86 valence electrons. The topological polar surface area (TPSA) is 75.7 Å². The molecule has 1 aliphatic carbocycles. The van der Waals surface area contributed by atoms with Crippen LogP contribution in [-0.4, -0.2) is 24.5 Å². The molecule has 0 heterocycles. The molecule has 15 heavy (non-hydrogen) atoms. The van der Waals surface area contributed by atoms with Crippen LogP contribution in [0, 0.1) is 0 Å². The summed E-state index contributed by atoms with van der Waals surface area (Å²) in [7, 11) is 0. The minimum absolute atomic E-state index is 0. The van der Waals surface area contributed by atoms with Crippen LogP contribution in [0.3, 0.4) is 0 Å². The number of carbonyl (C=O) groups is 2. The smallest absolute Gasteiger partial charge is 0.722 e. The van der Waals surface area contributed by atoms with Crippen molar-refractivity contribution in [2.75, 3.05) is 6.61 Å². The van der Waals surface area contributed by atoms with E-state index in [9.17, 15) is 14.8 Å². The molecule has 0 spiro atoms. The number of hydrogen-bond acceptors (Lipinski definition) is 5. The molecule has 1 aliphatic rings. The van der Waals surface area contributed by atoms with Gasteiger partial charge in [-0.3, -0.25) is 4.79 Å². The summed E-state index contributed by atoms with van der Waals surface area (Å²) in [6.45, 7) is 1.90. The second kappa shape index (κ2) is 6.53. The summed E-state index contributed by atoms with van der Waals surface area (Å²) in [5.74, 6) is -1.05. The van der Waals surface area contributed by atoms with Crippen molar-refractivity contribution in [3.63, 3.8) is 0 Å². The Labute approximate surface area is 97.1 Å². The van der Waals surface area contributed by atoms with Crippen molar-refractivity contribution in [3.8, 4) is 0 Å². The maximum absolute atomic E-state index is 11.2. The van der Waals surface area contributed by atoms with E-state index in [0.29, 0.717) is 0 Å². The molecule has 6 heteroatoms. The van der Waals surface area contributed by atoms with E-state index in [1.165, 1.54) is 6.08 Å². The van der Waals surface area contributed by atoms with E-state index >= 15 is 0 Å². The van der Waals surface area contributed by atoms with Gasteiger partial charge in [-0.2, -0.15) is 0 Å². The molecule has 0 radical (unpaired) electrons. The summed E-state index contributed by atoms with van der Waals surface area (Å²) >= 11 is 0. The van der Waals surface area contributed by atoms with E-state index in [-0.39, 0.29) is 29.2 Å². The largest absolute Gasteiger partial charge is 1.00 e. The van der Waals surface area contributed by atoms with Crippen LogP contribution in [-0.2, 0) is 36.3 Å². The Morgan fingerprint density at radius 2 is 2.20 bits per heavy atom. The Balaban J connectivity index is 0.00000196. The molecule has 0 saturated carbocycles. The van der Waals surface area contributed by atoms with Gasteiger partial charge in [0.25, 0.3) is 0 Å². The van der Waals surface area contributed by atoms with Crippen molar-refractivity contribution >= 4 is 11.8 Å². The second-order valence-electron chi connectivity index (χ2n) is 2.60. The van der Waals surface area contributed by atoms with Gasteiger partial charge in [-0.25, -0.2) is 4.79 Å². The van der Waals surface area contributed by atoms with E-state index in [1.54, 1.807) is 6.92 Å². The van der Waals surface area contributed by atoms with Crippen LogP contribution in [0.15, 0.2) is 23.8 Å². The van der Waals surface area contributed by atoms with Gasteiger partial charge in [0.15, 0.2) is 5.78 Å². The van der Waals surface area contributed by atoms with Crippen LogP contribution < -0.4 is 5.26 Å². The quantitative estimate of drug-likeness (QED) is 0.290. The van der Waals surface area contributed by atoms with Gasteiger partial charge in [0.1, 0.15) is 6.10 Å². The molecule has 1 atom stereocenters. The standard InChI is InChI=1S/C9H10O5.Cu/c1-2-13-9(11)6-3-4-7(10)8(5-6)14-12;/h3-5,8,12H,2H2,1H3;/q;+1/p-1. The first kappa shape index (κ1) is 14.1. The third kappa shape index (κ3) is 3.60. The minimum Gasteiger partial charge on any atom is -0.722 e. The maximum Gasteiger partial charge on any atom is 1.00 e. The van der Waals surface area contributed by atoms with Gasteiger partial charge in [0.05, 0.1) is 12.2 Å². The molecule has 0 bridgehead atoms. The van der Waals surface area contributed by atoms with Crippen molar-refractivity contribution in [1.82, 2.24) is 0 Å². The molecule has 0 N–H and O–H groups in total. The normalized spacial score (nSPS) is 19.2. The second-order valence-corrected chi connectivity index (χ2v) is 2.60. The summed E-state index contributed by atoms with van der Waals surface area (Å²) in [6.07, 6.45) is 2.34. The van der Waals surface area contributed by atoms with Gasteiger partial charge in [-0.05, 0) is 25.2 Å². The van der Waals surface area contributed by atoms with Crippen molar-refractivity contribution in [2.45, 2.75) is 13.0 Å². The van der Waals surface area contributed by atoms with Crippen LogP contribution in [0.25, 0.3) is 0 Å². The third-order valence-electron chi connectivity index (χ3n) is 1.65. The van der Waals surface area contributed by atoms with E-state index in [4.69, 9.17) is 0 Å². The molecule has 1 rings (SSSR count). The minimum atomic E-state index is -1.22. The van der Waals surface area contributed by atoms with Gasteiger partial charge in [0, 0.05) is 0 Å². The monoisotopic (exact) mass is 260 g/mol. The van der Waals surface area contributed by atoms with E-state index in [1.807, 2.05) is 0 Å². The molecule has 0 amide bonds. The molecule has 1 unspecified atom stereocenters. The average molecular weight is 261 g/mol. The first-order valence-corrected chi connectivity index (χ1v) is 4.08. The molecule has 0 saturated heterocycles.